The molecule has 122 valence electrons. The maximum Gasteiger partial charge on any atom is 0.230 e. The monoisotopic (exact) mass is 304 g/mol. The maximum atomic E-state index is 12.8. The molecule has 1 aliphatic heterocycles. The van der Waals surface area contributed by atoms with E-state index in [9.17, 15) is 4.79 Å². The van der Waals surface area contributed by atoms with E-state index in [1.54, 1.807) is 0 Å². The van der Waals surface area contributed by atoms with Gasteiger partial charge in [0, 0.05) is 13.2 Å². The van der Waals surface area contributed by atoms with Crippen molar-refractivity contribution in [1.29, 1.82) is 0 Å². The molecule has 1 aromatic carbocycles. The lowest BCUT2D eigenvalue weighted by atomic mass is 9.72. The molecule has 1 fully saturated rings. The summed E-state index contributed by atoms with van der Waals surface area (Å²) in [5.41, 5.74) is 0.724. The molecule has 1 heterocycles. The van der Waals surface area contributed by atoms with Crippen molar-refractivity contribution in [2.45, 2.75) is 32.1 Å². The van der Waals surface area contributed by atoms with Gasteiger partial charge in [-0.25, -0.2) is 0 Å². The molecular formula is C18H28N2O2. The fourth-order valence-electron chi connectivity index (χ4n) is 2.98. The van der Waals surface area contributed by atoms with Crippen LogP contribution in [0.25, 0.3) is 0 Å². The molecule has 0 radical (unpaired) electrons. The molecular weight excluding hydrogens is 276 g/mol. The van der Waals surface area contributed by atoms with Gasteiger partial charge in [0.2, 0.25) is 5.91 Å². The van der Waals surface area contributed by atoms with Crippen molar-refractivity contribution in [3.05, 3.63) is 35.9 Å². The third-order valence-electron chi connectivity index (χ3n) is 4.20. The summed E-state index contributed by atoms with van der Waals surface area (Å²) in [5.74, 6) is 0.657. The van der Waals surface area contributed by atoms with Gasteiger partial charge in [-0.3, -0.25) is 4.79 Å². The standard InChI is InChI=1S/C18H28N2O2/c1-15(2)14-22-13-12-20-17(21)18(8-10-19-11-9-18)16-6-4-3-5-7-16/h3-7,15,19H,8-14H2,1-2H3,(H,20,21). The second-order valence-electron chi connectivity index (χ2n) is 6.42. The number of piperidine rings is 1. The molecule has 1 amide bonds. The molecule has 1 saturated heterocycles. The summed E-state index contributed by atoms with van der Waals surface area (Å²) in [4.78, 5) is 12.8. The Morgan fingerprint density at radius 3 is 2.59 bits per heavy atom. The van der Waals surface area contributed by atoms with Crippen LogP contribution in [0.5, 0.6) is 0 Å². The molecule has 0 atom stereocenters. The first-order chi connectivity index (χ1) is 10.6. The first-order valence-electron chi connectivity index (χ1n) is 8.27. The number of ether oxygens (including phenoxy) is 1. The summed E-state index contributed by atoms with van der Waals surface area (Å²) in [6, 6.07) is 10.2. The van der Waals surface area contributed by atoms with E-state index < -0.39 is 5.41 Å². The zero-order valence-electron chi connectivity index (χ0n) is 13.7. The third-order valence-corrected chi connectivity index (χ3v) is 4.20. The van der Waals surface area contributed by atoms with Gasteiger partial charge < -0.3 is 15.4 Å². The van der Waals surface area contributed by atoms with Gasteiger partial charge in [0.1, 0.15) is 0 Å². The van der Waals surface area contributed by atoms with Gasteiger partial charge in [-0.15, -0.1) is 0 Å². The van der Waals surface area contributed by atoms with E-state index in [2.05, 4.69) is 36.6 Å². The number of carbonyl (C=O) groups excluding carboxylic acids is 1. The SMILES string of the molecule is CC(C)COCCNC(=O)C1(c2ccccc2)CCNCC1. The van der Waals surface area contributed by atoms with Gasteiger partial charge in [0.15, 0.2) is 0 Å². The van der Waals surface area contributed by atoms with Crippen LogP contribution < -0.4 is 10.6 Å². The molecule has 22 heavy (non-hydrogen) atoms. The number of rotatable bonds is 7. The number of benzene rings is 1. The first kappa shape index (κ1) is 17.0. The second-order valence-corrected chi connectivity index (χ2v) is 6.42. The van der Waals surface area contributed by atoms with E-state index in [4.69, 9.17) is 4.74 Å². The van der Waals surface area contributed by atoms with Gasteiger partial charge in [-0.1, -0.05) is 44.2 Å². The van der Waals surface area contributed by atoms with Crippen LogP contribution in [-0.2, 0) is 14.9 Å². The average molecular weight is 304 g/mol. The van der Waals surface area contributed by atoms with Crippen molar-refractivity contribution in [3.8, 4) is 0 Å². The topological polar surface area (TPSA) is 50.4 Å². The summed E-state index contributed by atoms with van der Waals surface area (Å²) in [6.07, 6.45) is 1.69. The molecule has 2 N–H and O–H groups in total. The maximum absolute atomic E-state index is 12.8. The largest absolute Gasteiger partial charge is 0.379 e. The Balaban J connectivity index is 1.96. The molecule has 0 aromatic heterocycles. The molecule has 0 spiro atoms. The Bertz CT molecular complexity index is 453. The molecule has 0 saturated carbocycles. The molecule has 1 aliphatic rings. The quantitative estimate of drug-likeness (QED) is 0.759. The Kier molecular flexibility index (Phi) is 6.40. The Morgan fingerprint density at radius 2 is 1.95 bits per heavy atom. The fourth-order valence-corrected chi connectivity index (χ4v) is 2.98. The van der Waals surface area contributed by atoms with Gasteiger partial charge in [0.25, 0.3) is 0 Å². The lowest BCUT2D eigenvalue weighted by Crippen LogP contribution is -2.51. The van der Waals surface area contributed by atoms with Crippen LogP contribution in [0, 0.1) is 5.92 Å². The molecule has 4 nitrogen and oxygen atoms in total. The van der Waals surface area contributed by atoms with Gasteiger partial charge in [-0.05, 0) is 37.4 Å². The van der Waals surface area contributed by atoms with Crippen LogP contribution in [0.4, 0.5) is 0 Å². The van der Waals surface area contributed by atoms with E-state index in [1.165, 1.54) is 0 Å². The molecule has 1 aromatic rings. The minimum atomic E-state index is -0.398. The van der Waals surface area contributed by atoms with Crippen LogP contribution >= 0.6 is 0 Å². The molecule has 4 heteroatoms. The van der Waals surface area contributed by atoms with Crippen molar-refractivity contribution < 1.29 is 9.53 Å². The predicted molar refractivity (Wildman–Crippen MR) is 88.9 cm³/mol. The highest BCUT2D eigenvalue weighted by Gasteiger charge is 2.40. The summed E-state index contributed by atoms with van der Waals surface area (Å²) in [7, 11) is 0. The van der Waals surface area contributed by atoms with E-state index in [-0.39, 0.29) is 5.91 Å². The Hall–Kier alpha value is -1.39. The highest BCUT2D eigenvalue weighted by atomic mass is 16.5. The van der Waals surface area contributed by atoms with Crippen LogP contribution in [-0.4, -0.2) is 38.8 Å². The smallest absolute Gasteiger partial charge is 0.230 e. The number of amides is 1. The highest BCUT2D eigenvalue weighted by Crippen LogP contribution is 2.33. The molecule has 0 unspecified atom stereocenters. The number of nitrogens with one attached hydrogen (secondary N) is 2. The summed E-state index contributed by atoms with van der Waals surface area (Å²) in [5, 5.41) is 6.42. The van der Waals surface area contributed by atoms with Gasteiger partial charge in [-0.2, -0.15) is 0 Å². The number of hydrogen-bond donors (Lipinski definition) is 2. The van der Waals surface area contributed by atoms with Crippen LogP contribution in [0.2, 0.25) is 0 Å². The van der Waals surface area contributed by atoms with E-state index in [0.717, 1.165) is 38.1 Å². The lowest BCUT2D eigenvalue weighted by Gasteiger charge is -2.36. The Morgan fingerprint density at radius 1 is 1.27 bits per heavy atom. The lowest BCUT2D eigenvalue weighted by molar-refractivity contribution is -0.128. The minimum absolute atomic E-state index is 0.133. The van der Waals surface area contributed by atoms with Crippen LogP contribution in [0.1, 0.15) is 32.3 Å². The number of carbonyl (C=O) groups is 1. The van der Waals surface area contributed by atoms with Crippen molar-refractivity contribution in [1.82, 2.24) is 10.6 Å². The van der Waals surface area contributed by atoms with Crippen LogP contribution in [0.15, 0.2) is 30.3 Å². The molecule has 0 aliphatic carbocycles. The summed E-state index contributed by atoms with van der Waals surface area (Å²) in [6.45, 7) is 7.90. The normalized spacial score (nSPS) is 17.4. The van der Waals surface area contributed by atoms with E-state index in [0.29, 0.717) is 19.1 Å². The molecule has 0 bridgehead atoms. The minimum Gasteiger partial charge on any atom is -0.379 e. The second kappa shape index (κ2) is 8.30. The van der Waals surface area contributed by atoms with Gasteiger partial charge >= 0.3 is 0 Å². The van der Waals surface area contributed by atoms with Crippen molar-refractivity contribution in [3.63, 3.8) is 0 Å². The zero-order chi connectivity index (χ0) is 15.8. The van der Waals surface area contributed by atoms with Crippen LogP contribution in [0.3, 0.4) is 0 Å². The summed E-state index contributed by atoms with van der Waals surface area (Å²) >= 11 is 0. The van der Waals surface area contributed by atoms with E-state index in [1.807, 2.05) is 18.2 Å². The highest BCUT2D eigenvalue weighted by molar-refractivity contribution is 5.88. The van der Waals surface area contributed by atoms with E-state index >= 15 is 0 Å². The first-order valence-corrected chi connectivity index (χ1v) is 8.27. The van der Waals surface area contributed by atoms with Crippen molar-refractivity contribution in [2.24, 2.45) is 5.92 Å². The molecule has 2 rings (SSSR count). The predicted octanol–water partition coefficient (Wildman–Crippen LogP) is 2.10. The Labute approximate surface area is 133 Å². The third kappa shape index (κ3) is 4.31. The zero-order valence-corrected chi connectivity index (χ0v) is 13.7. The van der Waals surface area contributed by atoms with Crippen molar-refractivity contribution >= 4 is 5.91 Å². The van der Waals surface area contributed by atoms with Gasteiger partial charge in [0.05, 0.1) is 12.0 Å². The summed E-state index contributed by atoms with van der Waals surface area (Å²) < 4.78 is 5.54. The fraction of sp³-hybridized carbons (Fsp3) is 0.611. The number of hydrogen-bond acceptors (Lipinski definition) is 3. The van der Waals surface area contributed by atoms with Crippen molar-refractivity contribution in [2.75, 3.05) is 32.8 Å². The average Bonchev–Trinajstić information content (AvgIpc) is 2.55.